The Hall–Kier alpha value is -2.07. The summed E-state index contributed by atoms with van der Waals surface area (Å²) in [5.41, 5.74) is 6.37. The zero-order chi connectivity index (χ0) is 16.3. The fraction of sp³-hybridized carbons (Fsp3) is 0.294. The SMILES string of the molecule is Cc1cc(/C=N/NC(=O)c2ccc(Cl)cc2)c(C)n1C(C)C. The summed E-state index contributed by atoms with van der Waals surface area (Å²) < 4.78 is 2.24. The van der Waals surface area contributed by atoms with E-state index >= 15 is 0 Å². The van der Waals surface area contributed by atoms with E-state index in [9.17, 15) is 4.79 Å². The number of carbonyl (C=O) groups excluding carboxylic acids is 1. The first-order valence-electron chi connectivity index (χ1n) is 7.17. The van der Waals surface area contributed by atoms with E-state index in [-0.39, 0.29) is 5.91 Å². The third-order valence-corrected chi connectivity index (χ3v) is 3.77. The predicted molar refractivity (Wildman–Crippen MR) is 90.8 cm³/mol. The molecule has 1 heterocycles. The lowest BCUT2D eigenvalue weighted by molar-refractivity contribution is 0.0955. The lowest BCUT2D eigenvalue weighted by Crippen LogP contribution is -2.17. The van der Waals surface area contributed by atoms with Crippen molar-refractivity contribution >= 4 is 23.7 Å². The van der Waals surface area contributed by atoms with Crippen LogP contribution in [-0.2, 0) is 0 Å². The number of rotatable bonds is 4. The standard InChI is InChI=1S/C17H20ClN3O/c1-11(2)21-12(3)9-15(13(21)4)10-19-20-17(22)14-5-7-16(18)8-6-14/h5-11H,1-4H3,(H,20,22)/b19-10+. The molecule has 1 aromatic carbocycles. The maximum atomic E-state index is 11.9. The van der Waals surface area contributed by atoms with E-state index in [0.717, 1.165) is 11.3 Å². The Morgan fingerprint density at radius 3 is 2.45 bits per heavy atom. The molecule has 0 aliphatic carbocycles. The molecule has 1 aromatic heterocycles. The summed E-state index contributed by atoms with van der Waals surface area (Å²) in [6.45, 7) is 8.40. The number of hydrogen-bond acceptors (Lipinski definition) is 2. The number of hydrazone groups is 1. The van der Waals surface area contributed by atoms with Crippen molar-refractivity contribution in [3.05, 3.63) is 57.9 Å². The van der Waals surface area contributed by atoms with Gasteiger partial charge in [-0.25, -0.2) is 5.43 Å². The monoisotopic (exact) mass is 317 g/mol. The number of nitrogens with zero attached hydrogens (tertiary/aromatic N) is 2. The van der Waals surface area contributed by atoms with Gasteiger partial charge in [0.1, 0.15) is 0 Å². The molecule has 0 atom stereocenters. The molecule has 22 heavy (non-hydrogen) atoms. The van der Waals surface area contributed by atoms with Crippen LogP contribution in [0.4, 0.5) is 0 Å². The fourth-order valence-electron chi connectivity index (χ4n) is 2.55. The van der Waals surface area contributed by atoms with Gasteiger partial charge in [0.25, 0.3) is 5.91 Å². The molecular weight excluding hydrogens is 298 g/mol. The van der Waals surface area contributed by atoms with Crippen LogP contribution in [0.1, 0.15) is 47.2 Å². The Morgan fingerprint density at radius 2 is 1.91 bits per heavy atom. The molecule has 2 aromatic rings. The molecule has 5 heteroatoms. The molecule has 2 rings (SSSR count). The number of carbonyl (C=O) groups is 1. The zero-order valence-electron chi connectivity index (χ0n) is 13.2. The summed E-state index contributed by atoms with van der Waals surface area (Å²) in [7, 11) is 0. The molecule has 0 bridgehead atoms. The minimum atomic E-state index is -0.259. The first kappa shape index (κ1) is 16.3. The second-order valence-corrected chi connectivity index (χ2v) is 5.93. The lowest BCUT2D eigenvalue weighted by Gasteiger charge is -2.13. The zero-order valence-corrected chi connectivity index (χ0v) is 14.0. The molecule has 0 unspecified atom stereocenters. The van der Waals surface area contributed by atoms with Gasteiger partial charge in [0, 0.05) is 33.6 Å². The van der Waals surface area contributed by atoms with Crippen LogP contribution in [0, 0.1) is 13.8 Å². The Bertz CT molecular complexity index is 699. The largest absolute Gasteiger partial charge is 0.346 e. The average Bonchev–Trinajstić information content (AvgIpc) is 2.74. The molecule has 1 amide bonds. The van der Waals surface area contributed by atoms with E-state index in [1.165, 1.54) is 5.69 Å². The molecule has 116 valence electrons. The van der Waals surface area contributed by atoms with Crippen LogP contribution in [0.5, 0.6) is 0 Å². The maximum absolute atomic E-state index is 11.9. The van der Waals surface area contributed by atoms with Crippen LogP contribution in [0.3, 0.4) is 0 Å². The molecule has 0 fully saturated rings. The molecular formula is C17H20ClN3O. The van der Waals surface area contributed by atoms with Crippen LogP contribution in [0.15, 0.2) is 35.4 Å². The summed E-state index contributed by atoms with van der Waals surface area (Å²) in [4.78, 5) is 11.9. The molecule has 0 aliphatic heterocycles. The Balaban J connectivity index is 2.08. The second-order valence-electron chi connectivity index (χ2n) is 5.50. The van der Waals surface area contributed by atoms with Crippen LogP contribution in [0.25, 0.3) is 0 Å². The smallest absolute Gasteiger partial charge is 0.271 e. The number of halogens is 1. The van der Waals surface area contributed by atoms with E-state index in [0.29, 0.717) is 16.6 Å². The van der Waals surface area contributed by atoms with Gasteiger partial charge in [0.2, 0.25) is 0 Å². The Labute approximate surface area is 135 Å². The highest BCUT2D eigenvalue weighted by molar-refractivity contribution is 6.30. The fourth-order valence-corrected chi connectivity index (χ4v) is 2.68. The van der Waals surface area contributed by atoms with Gasteiger partial charge in [-0.2, -0.15) is 5.10 Å². The number of hydrogen-bond donors (Lipinski definition) is 1. The first-order chi connectivity index (χ1) is 10.4. The number of aryl methyl sites for hydroxylation is 1. The quantitative estimate of drug-likeness (QED) is 0.669. The molecule has 0 saturated heterocycles. The van der Waals surface area contributed by atoms with E-state index in [1.807, 2.05) is 0 Å². The number of amides is 1. The van der Waals surface area contributed by atoms with Crippen LogP contribution in [0.2, 0.25) is 5.02 Å². The van der Waals surface area contributed by atoms with Crippen molar-refractivity contribution in [2.45, 2.75) is 33.7 Å². The highest BCUT2D eigenvalue weighted by Crippen LogP contribution is 2.18. The summed E-state index contributed by atoms with van der Waals surface area (Å²) in [6, 6.07) is 9.14. The van der Waals surface area contributed by atoms with E-state index in [1.54, 1.807) is 30.5 Å². The van der Waals surface area contributed by atoms with Crippen LogP contribution >= 0.6 is 11.6 Å². The van der Waals surface area contributed by atoms with Gasteiger partial charge in [-0.05, 0) is 58.0 Å². The first-order valence-corrected chi connectivity index (χ1v) is 7.55. The molecule has 0 aliphatic rings. The second kappa shape index (κ2) is 6.79. The summed E-state index contributed by atoms with van der Waals surface area (Å²) >= 11 is 5.80. The average molecular weight is 318 g/mol. The van der Waals surface area contributed by atoms with Gasteiger partial charge in [-0.15, -0.1) is 0 Å². The molecule has 0 spiro atoms. The maximum Gasteiger partial charge on any atom is 0.271 e. The highest BCUT2D eigenvalue weighted by Gasteiger charge is 2.10. The molecule has 4 nitrogen and oxygen atoms in total. The highest BCUT2D eigenvalue weighted by atomic mass is 35.5. The van der Waals surface area contributed by atoms with Crippen LogP contribution in [-0.4, -0.2) is 16.7 Å². The van der Waals surface area contributed by atoms with E-state index in [4.69, 9.17) is 11.6 Å². The molecule has 0 radical (unpaired) electrons. The van der Waals surface area contributed by atoms with Gasteiger partial charge < -0.3 is 4.57 Å². The number of aromatic nitrogens is 1. The van der Waals surface area contributed by atoms with Gasteiger partial charge in [0.15, 0.2) is 0 Å². The summed E-state index contributed by atoms with van der Waals surface area (Å²) in [5.74, 6) is -0.259. The van der Waals surface area contributed by atoms with Crippen molar-refractivity contribution in [1.29, 1.82) is 0 Å². The normalized spacial score (nSPS) is 11.4. The number of benzene rings is 1. The molecule has 1 N–H and O–H groups in total. The minimum Gasteiger partial charge on any atom is -0.346 e. The van der Waals surface area contributed by atoms with Crippen molar-refractivity contribution in [3.8, 4) is 0 Å². The van der Waals surface area contributed by atoms with Gasteiger partial charge in [0.05, 0.1) is 6.21 Å². The Kier molecular flexibility index (Phi) is 5.03. The third kappa shape index (κ3) is 3.57. The number of nitrogens with one attached hydrogen (secondary N) is 1. The molecule has 0 saturated carbocycles. The van der Waals surface area contributed by atoms with Gasteiger partial charge in [-0.1, -0.05) is 11.6 Å². The van der Waals surface area contributed by atoms with Gasteiger partial charge >= 0.3 is 0 Å². The van der Waals surface area contributed by atoms with Crippen LogP contribution < -0.4 is 5.43 Å². The van der Waals surface area contributed by atoms with E-state index in [2.05, 4.69) is 48.9 Å². The van der Waals surface area contributed by atoms with Crippen molar-refractivity contribution in [2.24, 2.45) is 5.10 Å². The lowest BCUT2D eigenvalue weighted by atomic mass is 10.2. The van der Waals surface area contributed by atoms with E-state index < -0.39 is 0 Å². The summed E-state index contributed by atoms with van der Waals surface area (Å²) in [5, 5.41) is 4.64. The Morgan fingerprint density at radius 1 is 1.27 bits per heavy atom. The predicted octanol–water partition coefficient (Wildman–Crippen LogP) is 4.10. The van der Waals surface area contributed by atoms with Crippen molar-refractivity contribution in [2.75, 3.05) is 0 Å². The van der Waals surface area contributed by atoms with Crippen molar-refractivity contribution < 1.29 is 4.79 Å². The van der Waals surface area contributed by atoms with Crippen molar-refractivity contribution in [3.63, 3.8) is 0 Å². The minimum absolute atomic E-state index is 0.259. The van der Waals surface area contributed by atoms with Crippen molar-refractivity contribution in [1.82, 2.24) is 9.99 Å². The topological polar surface area (TPSA) is 46.4 Å². The van der Waals surface area contributed by atoms with Gasteiger partial charge in [-0.3, -0.25) is 4.79 Å². The summed E-state index contributed by atoms with van der Waals surface area (Å²) in [6.07, 6.45) is 1.68. The third-order valence-electron chi connectivity index (χ3n) is 3.52.